The van der Waals surface area contributed by atoms with Crippen LogP contribution < -0.4 is 103 Å². The summed E-state index contributed by atoms with van der Waals surface area (Å²) >= 11 is 0. The minimum Gasteiger partial charge on any atom is -0.508 e. The predicted molar refractivity (Wildman–Crippen MR) is 456 cm³/mol. The normalized spacial score (nSPS) is 13.7. The number of carboxylic acids is 1. The Kier molecular flexibility index (Phi) is 41.1. The van der Waals surface area contributed by atoms with E-state index in [4.69, 9.17) is 33.8 Å². The number of hydrogen-bond acceptors (Lipinski definition) is 20. The molecule has 0 unspecified atom stereocenters. The van der Waals surface area contributed by atoms with E-state index in [1.807, 2.05) is 6.92 Å². The summed E-state index contributed by atoms with van der Waals surface area (Å²) < 4.78 is 0. The Morgan fingerprint density at radius 1 is 0.435 bits per heavy atom. The number of para-hydroxylation sites is 1. The SMILES string of the molecule is CCCC[C@H](NC(=O)[C@@H](NC(=O)[C@H](Cc1ccc(O)cc1)NC(=O)[C@H](CCCCN)NC(C)=O)C(C)C)C(=O)NCC(=O)N[C@@H](Cc1c[nH]cn1)C(=O)N[C@@H](Cc1ccccc1)C(=O)N[C@@H](CCCNC(=N)N)C(=O)N[C@@H](Cc1c[nH]c2ccccc12)C(=O)N[C@@H](CC(=O)O)C(=O)N[C@@H](CCCNC(=N)N)C(=O)N[C@@H](Cc1ccccc1)C(=O)NCC(N)=O. The van der Waals surface area contributed by atoms with Crippen LogP contribution in [0.1, 0.15) is 126 Å². The fourth-order valence-corrected chi connectivity index (χ4v) is 13.2. The Labute approximate surface area is 716 Å². The summed E-state index contributed by atoms with van der Waals surface area (Å²) in [4.78, 5) is 221. The molecule has 124 heavy (non-hydrogen) atoms. The summed E-state index contributed by atoms with van der Waals surface area (Å²) in [6.45, 7) is 5.27. The van der Waals surface area contributed by atoms with Gasteiger partial charge in [0.25, 0.3) is 0 Å². The molecule has 0 saturated carbocycles. The van der Waals surface area contributed by atoms with Crippen LogP contribution in [0.2, 0.25) is 0 Å². The number of H-pyrrole nitrogens is 2. The summed E-state index contributed by atoms with van der Waals surface area (Å²) in [7, 11) is 0. The van der Waals surface area contributed by atoms with Gasteiger partial charge in [0.2, 0.25) is 82.7 Å². The lowest BCUT2D eigenvalue weighted by Crippen LogP contribution is -2.61. The molecule has 11 atom stereocenters. The third kappa shape index (κ3) is 35.0. The first-order chi connectivity index (χ1) is 59.2. The van der Waals surface area contributed by atoms with Gasteiger partial charge in [0.1, 0.15) is 72.2 Å². The maximum Gasteiger partial charge on any atom is 0.305 e. The van der Waals surface area contributed by atoms with Gasteiger partial charge in [-0.1, -0.05) is 125 Å². The summed E-state index contributed by atoms with van der Waals surface area (Å²) in [6, 6.07) is 13.0. The lowest BCUT2D eigenvalue weighted by molar-refractivity contribution is -0.141. The third-order valence-corrected chi connectivity index (χ3v) is 19.7. The number of aromatic hydroxyl groups is 1. The van der Waals surface area contributed by atoms with Gasteiger partial charge in [0, 0.05) is 75.4 Å². The van der Waals surface area contributed by atoms with Crippen molar-refractivity contribution in [2.24, 2.45) is 28.9 Å². The number of rotatable bonds is 54. The van der Waals surface area contributed by atoms with Crippen molar-refractivity contribution in [2.75, 3.05) is 32.7 Å². The zero-order valence-electron chi connectivity index (χ0n) is 69.7. The van der Waals surface area contributed by atoms with Gasteiger partial charge in [-0.25, -0.2) is 4.98 Å². The average molecular weight is 1720 g/mol. The predicted octanol–water partition coefficient (Wildman–Crippen LogP) is -2.84. The van der Waals surface area contributed by atoms with Crippen molar-refractivity contribution >= 4 is 111 Å². The lowest BCUT2D eigenvalue weighted by Gasteiger charge is -2.28. The molecular weight excluding hydrogens is 1610 g/mol. The maximum atomic E-state index is 15.2. The molecule has 670 valence electrons. The van der Waals surface area contributed by atoms with Crippen molar-refractivity contribution in [3.63, 3.8) is 0 Å². The van der Waals surface area contributed by atoms with E-state index in [2.05, 4.69) is 94.7 Å². The van der Waals surface area contributed by atoms with Gasteiger partial charge in [-0.15, -0.1) is 0 Å². The van der Waals surface area contributed by atoms with E-state index >= 15 is 14.4 Å². The van der Waals surface area contributed by atoms with Crippen molar-refractivity contribution in [3.05, 3.63) is 156 Å². The van der Waals surface area contributed by atoms with E-state index in [-0.39, 0.29) is 95.2 Å². The number of carbonyl (C=O) groups excluding carboxylic acids is 14. The second-order valence-electron chi connectivity index (χ2n) is 30.1. The third-order valence-electron chi connectivity index (χ3n) is 19.7. The highest BCUT2D eigenvalue weighted by molar-refractivity contribution is 6.01. The minimum absolute atomic E-state index is 0.00247. The van der Waals surface area contributed by atoms with Gasteiger partial charge in [0.15, 0.2) is 11.9 Å². The zero-order chi connectivity index (χ0) is 90.8. The molecule has 2 heterocycles. The first-order valence-electron chi connectivity index (χ1n) is 40.8. The molecule has 0 aliphatic heterocycles. The van der Waals surface area contributed by atoms with Crippen LogP contribution in [-0.4, -0.2) is 225 Å². The number of fused-ring (bicyclic) bond motifs is 1. The molecule has 41 nitrogen and oxygen atoms in total. The van der Waals surface area contributed by atoms with Crippen LogP contribution in [0.15, 0.2) is 128 Å². The highest BCUT2D eigenvalue weighted by atomic mass is 16.4. The molecule has 6 aromatic rings. The van der Waals surface area contributed by atoms with E-state index in [0.29, 0.717) is 65.4 Å². The van der Waals surface area contributed by atoms with Crippen LogP contribution in [0.25, 0.3) is 10.9 Å². The van der Waals surface area contributed by atoms with Crippen molar-refractivity contribution in [3.8, 4) is 5.75 Å². The van der Waals surface area contributed by atoms with E-state index in [0.717, 1.165) is 0 Å². The molecule has 0 radical (unpaired) electrons. The molecule has 14 amide bonds. The maximum absolute atomic E-state index is 15.2. The smallest absolute Gasteiger partial charge is 0.305 e. The number of imidazole rings is 1. The standard InChI is InChI=1S/C83H116N24O17/c1-5-6-24-57(101-81(124)70(47(2)3)107-80(123)63(38-51-29-31-54(109)32-30-51)103-73(116)58(97-48(4)108)26-15-16-33-84)71(114)95-45-68(111)98-65(40-53-43-90-46-96-53)78(121)104-62(37-50-21-11-8-12-22-50)76(119)99-60(28-18-35-92-83(88)89)75(118)105-64(39-52-42-93-56-25-14-13-23-55(52)56)77(120)106-66(41-69(112)113)79(122)100-59(27-17-34-91-82(86)87)74(117)102-61(72(115)94-44-67(85)110)36-49-19-9-7-10-20-49/h7-14,19-23,25,29-32,42-43,46-47,57-66,70,93,109H,5-6,15-18,24,26-28,33-41,44-45,84H2,1-4H3,(H2,85,110)(H,90,96)(H,94,115)(H,95,114)(H,97,108)(H,98,111)(H,99,119)(H,100,122)(H,101,124)(H,102,117)(H,103,116)(H,104,121)(H,105,118)(H,106,120)(H,107,123)(H,112,113)(H4,86,87,91)(H4,88,89,92)/t57-,58-,59-,60-,61-,62-,63-,64-,65-,66-,70-/m0/s1. The molecule has 0 aliphatic carbocycles. The van der Waals surface area contributed by atoms with E-state index in [1.54, 1.807) is 117 Å². The average Bonchev–Trinajstić information content (AvgIpc) is 1.65. The number of carboxylic acid groups (broad SMARTS) is 1. The fraction of sp³-hybridized carbons (Fsp3) is 0.446. The van der Waals surface area contributed by atoms with Gasteiger partial charge in [-0.2, -0.15) is 0 Å². The van der Waals surface area contributed by atoms with Crippen LogP contribution in [0.5, 0.6) is 5.75 Å². The number of nitrogens with one attached hydrogen (secondary N) is 19. The quantitative estimate of drug-likeness (QED) is 0.0104. The minimum atomic E-state index is -2.01. The molecule has 0 spiro atoms. The van der Waals surface area contributed by atoms with Gasteiger partial charge in [0.05, 0.1) is 31.5 Å². The van der Waals surface area contributed by atoms with Gasteiger partial charge in [-0.05, 0) is 104 Å². The number of phenols is 1. The number of amides is 14. The monoisotopic (exact) mass is 1720 g/mol. The largest absolute Gasteiger partial charge is 0.508 e. The Morgan fingerprint density at radius 2 is 0.855 bits per heavy atom. The number of guanidine groups is 2. The van der Waals surface area contributed by atoms with Crippen LogP contribution in [-0.2, 0) is 104 Å². The Morgan fingerprint density at radius 3 is 1.35 bits per heavy atom. The van der Waals surface area contributed by atoms with Gasteiger partial charge >= 0.3 is 5.97 Å². The highest BCUT2D eigenvalue weighted by Gasteiger charge is 2.38. The first kappa shape index (κ1) is 98.8. The lowest BCUT2D eigenvalue weighted by atomic mass is 9.99. The molecule has 41 heteroatoms. The molecule has 0 fully saturated rings. The topological polar surface area (TPSA) is 673 Å². The van der Waals surface area contributed by atoms with E-state index < -0.39 is 192 Å². The summed E-state index contributed by atoms with van der Waals surface area (Å²) in [5, 5.41) is 75.4. The van der Waals surface area contributed by atoms with Crippen LogP contribution in [0, 0.1) is 16.7 Å². The van der Waals surface area contributed by atoms with Crippen molar-refractivity contribution < 1.29 is 82.1 Å². The second-order valence-corrected chi connectivity index (χ2v) is 30.1. The number of aromatic nitrogens is 3. The summed E-state index contributed by atoms with van der Waals surface area (Å²) in [5.41, 5.74) is 25.0. The summed E-state index contributed by atoms with van der Waals surface area (Å²) in [5.74, 6) is -15.7. The summed E-state index contributed by atoms with van der Waals surface area (Å²) in [6.07, 6.45) is 3.78. The number of nitrogens with two attached hydrogens (primary N) is 4. The van der Waals surface area contributed by atoms with E-state index in [1.165, 1.54) is 31.6 Å². The fourth-order valence-electron chi connectivity index (χ4n) is 13.2. The number of benzene rings is 4. The second kappa shape index (κ2) is 51.6. The molecule has 6 rings (SSSR count). The van der Waals surface area contributed by atoms with Crippen molar-refractivity contribution in [1.82, 2.24) is 94.7 Å². The van der Waals surface area contributed by atoms with Crippen LogP contribution in [0.4, 0.5) is 0 Å². The Bertz CT molecular complexity index is 4590. The molecule has 29 N–H and O–H groups in total. The number of nitrogens with zero attached hydrogens (tertiary/aromatic N) is 1. The molecule has 2 aromatic heterocycles. The van der Waals surface area contributed by atoms with Crippen LogP contribution >= 0.6 is 0 Å². The first-order valence-corrected chi connectivity index (χ1v) is 40.8. The van der Waals surface area contributed by atoms with Gasteiger partial charge in [-0.3, -0.25) is 82.7 Å². The van der Waals surface area contributed by atoms with E-state index in [9.17, 15) is 67.7 Å². The number of phenolic OH excluding ortho intramolecular Hbond substituents is 1. The van der Waals surface area contributed by atoms with Crippen LogP contribution in [0.3, 0.4) is 0 Å². The number of hydrogen-bond donors (Lipinski definition) is 25. The molecule has 0 aliphatic rings. The Hall–Kier alpha value is -14.0. The van der Waals surface area contributed by atoms with Crippen molar-refractivity contribution in [1.29, 1.82) is 10.8 Å². The number of aliphatic carboxylic acids is 1. The highest BCUT2D eigenvalue weighted by Crippen LogP contribution is 2.21. The zero-order valence-corrected chi connectivity index (χ0v) is 69.7. The molecule has 0 saturated heterocycles. The number of carbonyl (C=O) groups is 15. The van der Waals surface area contributed by atoms with Gasteiger partial charge < -0.3 is 123 Å². The molecular formula is C83H116N24O17. The number of aromatic amines is 2. The Balaban J connectivity index is 1.25. The number of primary amides is 1. The van der Waals surface area contributed by atoms with Crippen molar-refractivity contribution in [2.45, 2.75) is 197 Å². The molecule has 0 bridgehead atoms. The molecule has 4 aromatic carbocycles. The number of unbranched alkanes of at least 4 members (excludes halogenated alkanes) is 2.